The van der Waals surface area contributed by atoms with Gasteiger partial charge in [-0.25, -0.2) is 0 Å². The van der Waals surface area contributed by atoms with Gasteiger partial charge in [0, 0.05) is 6.20 Å². The van der Waals surface area contributed by atoms with E-state index in [1.165, 1.54) is 0 Å². The third-order valence-corrected chi connectivity index (χ3v) is 1.66. The molecule has 0 saturated carbocycles. The van der Waals surface area contributed by atoms with Crippen LogP contribution in [0.4, 0.5) is 0 Å². The fourth-order valence-corrected chi connectivity index (χ4v) is 0.931. The molecule has 0 saturated heterocycles. The Hall–Kier alpha value is 0.0700. The van der Waals surface area contributed by atoms with Crippen molar-refractivity contribution in [2.24, 2.45) is 0 Å². The van der Waals surface area contributed by atoms with Crippen LogP contribution in [0.1, 0.15) is 11.2 Å². The van der Waals surface area contributed by atoms with Crippen LogP contribution in [-0.2, 0) is 0 Å². The number of aromatic nitrogens is 2. The van der Waals surface area contributed by atoms with Crippen molar-refractivity contribution < 1.29 is 0 Å². The molecule has 0 amide bonds. The lowest BCUT2D eigenvalue weighted by Gasteiger charge is -2.02. The zero-order chi connectivity index (χ0) is 6.85. The average molecular weight is 160 g/mol. The molecule has 2 atom stereocenters. The topological polar surface area (TPSA) is 17.8 Å². The molecule has 0 aliphatic carbocycles. The molecule has 1 aromatic heterocycles. The lowest BCUT2D eigenvalue weighted by molar-refractivity contribution is 0.727. The molecule has 0 spiro atoms. The fourth-order valence-electron chi connectivity index (χ4n) is 0.599. The first-order valence-corrected chi connectivity index (χ1v) is 4.06. The van der Waals surface area contributed by atoms with E-state index in [0.717, 1.165) is 5.69 Å². The first kappa shape index (κ1) is 7.18. The van der Waals surface area contributed by atoms with Crippen LogP contribution >= 0.6 is 18.5 Å². The standard InChI is InChI=1S/C5H10N2P2/c1-4-2-3-7(6-4)5(8)9/h2-3,5H,8-9H2,1H3. The normalized spacial score (nSPS) is 10.7. The predicted octanol–water partition coefficient (Wildman–Crippen LogP) is 1.40. The molecule has 2 unspecified atom stereocenters. The summed E-state index contributed by atoms with van der Waals surface area (Å²) in [6, 6.07) is 1.99. The summed E-state index contributed by atoms with van der Waals surface area (Å²) in [5.41, 5.74) is 1.38. The minimum atomic E-state index is 0.318. The summed E-state index contributed by atoms with van der Waals surface area (Å²) >= 11 is 0. The van der Waals surface area contributed by atoms with Crippen molar-refractivity contribution in [3.8, 4) is 0 Å². The molecule has 0 aromatic carbocycles. The zero-order valence-corrected chi connectivity index (χ0v) is 7.59. The maximum atomic E-state index is 4.19. The third-order valence-electron chi connectivity index (χ3n) is 1.05. The van der Waals surface area contributed by atoms with E-state index in [2.05, 4.69) is 23.6 Å². The molecule has 2 nitrogen and oxygen atoms in total. The Bertz CT molecular complexity index is 195. The van der Waals surface area contributed by atoms with Crippen LogP contribution in [0.2, 0.25) is 0 Å². The molecular weight excluding hydrogens is 150 g/mol. The van der Waals surface area contributed by atoms with Gasteiger partial charge in [0.1, 0.15) is 0 Å². The highest BCUT2D eigenvalue weighted by atomic mass is 31.1. The second kappa shape index (κ2) is 2.77. The van der Waals surface area contributed by atoms with Gasteiger partial charge in [0.05, 0.1) is 11.2 Å². The van der Waals surface area contributed by atoms with Gasteiger partial charge < -0.3 is 0 Å². The van der Waals surface area contributed by atoms with Crippen molar-refractivity contribution in [3.05, 3.63) is 18.0 Å². The lowest BCUT2D eigenvalue weighted by Crippen LogP contribution is -1.94. The maximum Gasteiger partial charge on any atom is 0.0786 e. The van der Waals surface area contributed by atoms with E-state index in [-0.39, 0.29) is 0 Å². The quantitative estimate of drug-likeness (QED) is 0.568. The monoisotopic (exact) mass is 160 g/mol. The predicted molar refractivity (Wildman–Crippen MR) is 45.4 cm³/mol. The van der Waals surface area contributed by atoms with E-state index in [1.807, 2.05) is 23.9 Å². The first-order chi connectivity index (χ1) is 4.20. The smallest absolute Gasteiger partial charge is 0.0786 e. The highest BCUT2D eigenvalue weighted by Gasteiger charge is 1.95. The summed E-state index contributed by atoms with van der Waals surface area (Å²) in [5, 5.41) is 4.19. The number of aryl methyl sites for hydroxylation is 1. The van der Waals surface area contributed by atoms with E-state index < -0.39 is 0 Å². The van der Waals surface area contributed by atoms with Gasteiger partial charge >= 0.3 is 0 Å². The molecule has 50 valence electrons. The van der Waals surface area contributed by atoms with Crippen LogP contribution in [0.15, 0.2) is 12.3 Å². The molecule has 0 aliphatic rings. The van der Waals surface area contributed by atoms with Crippen molar-refractivity contribution in [2.75, 3.05) is 0 Å². The molecule has 0 fully saturated rings. The summed E-state index contributed by atoms with van der Waals surface area (Å²) in [6.07, 6.45) is 1.96. The van der Waals surface area contributed by atoms with Gasteiger partial charge in [-0.3, -0.25) is 4.68 Å². The van der Waals surface area contributed by atoms with Gasteiger partial charge in [-0.1, -0.05) is 0 Å². The van der Waals surface area contributed by atoms with Gasteiger partial charge in [-0.05, 0) is 13.0 Å². The summed E-state index contributed by atoms with van der Waals surface area (Å²) in [5.74, 6) is 0. The molecule has 0 bridgehead atoms. The fraction of sp³-hybridized carbons (Fsp3) is 0.400. The summed E-state index contributed by atoms with van der Waals surface area (Å²) in [6.45, 7) is 1.98. The van der Waals surface area contributed by atoms with Gasteiger partial charge in [0.25, 0.3) is 0 Å². The van der Waals surface area contributed by atoms with E-state index in [4.69, 9.17) is 0 Å². The van der Waals surface area contributed by atoms with Gasteiger partial charge in [-0.2, -0.15) is 5.10 Å². The van der Waals surface area contributed by atoms with Crippen LogP contribution in [0.3, 0.4) is 0 Å². The average Bonchev–Trinajstić information content (AvgIpc) is 2.14. The van der Waals surface area contributed by atoms with Crippen molar-refractivity contribution in [1.82, 2.24) is 9.78 Å². The van der Waals surface area contributed by atoms with Gasteiger partial charge in [0.15, 0.2) is 0 Å². The second-order valence-corrected chi connectivity index (χ2v) is 4.06. The van der Waals surface area contributed by atoms with E-state index >= 15 is 0 Å². The summed E-state index contributed by atoms with van der Waals surface area (Å²) < 4.78 is 1.88. The summed E-state index contributed by atoms with van der Waals surface area (Å²) in [7, 11) is 5.30. The van der Waals surface area contributed by atoms with Gasteiger partial charge in [0.2, 0.25) is 0 Å². The minimum absolute atomic E-state index is 0.318. The number of hydrogen-bond donors (Lipinski definition) is 0. The molecule has 0 aliphatic heterocycles. The van der Waals surface area contributed by atoms with Crippen molar-refractivity contribution >= 4 is 18.5 Å². The largest absolute Gasteiger partial charge is 0.262 e. The Morgan fingerprint density at radius 3 is 2.56 bits per heavy atom. The second-order valence-electron chi connectivity index (χ2n) is 1.93. The number of hydrogen-bond acceptors (Lipinski definition) is 1. The number of rotatable bonds is 1. The Kier molecular flexibility index (Phi) is 2.21. The Balaban J connectivity index is 2.85. The zero-order valence-electron chi connectivity index (χ0n) is 5.28. The third kappa shape index (κ3) is 1.74. The number of nitrogens with zero attached hydrogens (tertiary/aromatic N) is 2. The molecule has 0 radical (unpaired) electrons. The molecule has 1 heterocycles. The molecule has 1 rings (SSSR count). The van der Waals surface area contributed by atoms with E-state index in [0.29, 0.717) is 5.52 Å². The molecule has 4 heteroatoms. The molecular formula is C5H10N2P2. The summed E-state index contributed by atoms with van der Waals surface area (Å²) in [4.78, 5) is 0. The first-order valence-electron chi connectivity index (χ1n) is 2.73. The Morgan fingerprint density at radius 2 is 2.33 bits per heavy atom. The maximum absolute atomic E-state index is 4.19. The van der Waals surface area contributed by atoms with E-state index in [9.17, 15) is 0 Å². The van der Waals surface area contributed by atoms with Crippen LogP contribution in [0.5, 0.6) is 0 Å². The van der Waals surface area contributed by atoms with Gasteiger partial charge in [-0.15, -0.1) is 18.5 Å². The van der Waals surface area contributed by atoms with Crippen LogP contribution in [0.25, 0.3) is 0 Å². The van der Waals surface area contributed by atoms with Crippen molar-refractivity contribution in [1.29, 1.82) is 0 Å². The van der Waals surface area contributed by atoms with Crippen LogP contribution in [-0.4, -0.2) is 9.78 Å². The van der Waals surface area contributed by atoms with Crippen LogP contribution < -0.4 is 0 Å². The van der Waals surface area contributed by atoms with Crippen molar-refractivity contribution in [3.63, 3.8) is 0 Å². The molecule has 0 N–H and O–H groups in total. The Labute approximate surface area is 59.4 Å². The SMILES string of the molecule is Cc1ccn(C(P)P)n1. The van der Waals surface area contributed by atoms with Crippen molar-refractivity contribution in [2.45, 2.75) is 12.4 Å². The van der Waals surface area contributed by atoms with E-state index in [1.54, 1.807) is 0 Å². The lowest BCUT2D eigenvalue weighted by atomic mass is 10.5. The minimum Gasteiger partial charge on any atom is -0.262 e. The van der Waals surface area contributed by atoms with Crippen LogP contribution in [0, 0.1) is 6.92 Å². The highest BCUT2D eigenvalue weighted by Crippen LogP contribution is 2.21. The Morgan fingerprint density at radius 1 is 1.67 bits per heavy atom. The highest BCUT2D eigenvalue weighted by molar-refractivity contribution is 7.36. The molecule has 1 aromatic rings. The molecule has 9 heavy (non-hydrogen) atoms.